The summed E-state index contributed by atoms with van der Waals surface area (Å²) in [5, 5.41) is 14.2. The first-order chi connectivity index (χ1) is 8.45. The molecule has 0 atom stereocenters. The first-order valence-electron chi connectivity index (χ1n) is 6.20. The summed E-state index contributed by atoms with van der Waals surface area (Å²) in [7, 11) is 0. The van der Waals surface area contributed by atoms with E-state index >= 15 is 0 Å². The molecule has 0 fully saturated rings. The fraction of sp³-hybridized carbons (Fsp3) is 0.500. The van der Waals surface area contributed by atoms with Gasteiger partial charge in [-0.05, 0) is 23.5 Å². The van der Waals surface area contributed by atoms with E-state index in [2.05, 4.69) is 31.4 Å². The van der Waals surface area contributed by atoms with Crippen LogP contribution in [0.1, 0.15) is 32.8 Å². The van der Waals surface area contributed by atoms with Crippen molar-refractivity contribution in [2.45, 2.75) is 32.6 Å². The molecule has 0 unspecified atom stereocenters. The highest BCUT2D eigenvalue weighted by Gasteiger charge is 2.18. The van der Waals surface area contributed by atoms with Crippen LogP contribution in [0.5, 0.6) is 0 Å². The number of urea groups is 1. The number of anilines is 1. The molecular weight excluding hydrogens is 228 g/mol. The number of amides is 2. The summed E-state index contributed by atoms with van der Waals surface area (Å²) in [6.45, 7) is 6.88. The van der Waals surface area contributed by atoms with Crippen LogP contribution in [0.3, 0.4) is 0 Å². The van der Waals surface area contributed by atoms with Gasteiger partial charge in [0.15, 0.2) is 0 Å². The average molecular weight is 250 g/mol. The van der Waals surface area contributed by atoms with Crippen LogP contribution >= 0.6 is 0 Å². The number of benzene rings is 1. The lowest BCUT2D eigenvalue weighted by atomic mass is 9.86. The first-order valence-corrected chi connectivity index (χ1v) is 6.20. The molecule has 0 saturated carbocycles. The highest BCUT2D eigenvalue weighted by molar-refractivity contribution is 5.90. The number of nitrogens with one attached hydrogen (secondary N) is 2. The second-order valence-corrected chi connectivity index (χ2v) is 5.25. The summed E-state index contributed by atoms with van der Waals surface area (Å²) in [4.78, 5) is 11.7. The fourth-order valence-corrected chi connectivity index (χ4v) is 1.69. The minimum absolute atomic E-state index is 0.0189. The van der Waals surface area contributed by atoms with E-state index < -0.39 is 0 Å². The lowest BCUT2D eigenvalue weighted by Gasteiger charge is -2.23. The summed E-state index contributed by atoms with van der Waals surface area (Å²) in [6.07, 6.45) is 0.564. The number of aliphatic hydroxyl groups is 1. The normalized spacial score (nSPS) is 11.1. The van der Waals surface area contributed by atoms with Crippen LogP contribution < -0.4 is 10.6 Å². The third-order valence-corrected chi connectivity index (χ3v) is 2.60. The molecule has 1 aromatic rings. The predicted octanol–water partition coefficient (Wildman–Crippen LogP) is 2.49. The van der Waals surface area contributed by atoms with Crippen LogP contribution in [0, 0.1) is 0 Å². The molecule has 0 saturated heterocycles. The number of para-hydroxylation sites is 1. The van der Waals surface area contributed by atoms with Crippen LogP contribution in [0.15, 0.2) is 24.3 Å². The summed E-state index contributed by atoms with van der Waals surface area (Å²) >= 11 is 0. The molecule has 0 aromatic heterocycles. The van der Waals surface area contributed by atoms with Gasteiger partial charge in [-0.1, -0.05) is 39.0 Å². The molecule has 0 spiro atoms. The van der Waals surface area contributed by atoms with E-state index in [-0.39, 0.29) is 18.1 Å². The summed E-state index contributed by atoms with van der Waals surface area (Å²) in [5.74, 6) is 0. The lowest BCUT2D eigenvalue weighted by molar-refractivity contribution is 0.249. The summed E-state index contributed by atoms with van der Waals surface area (Å²) in [6, 6.07) is 7.55. The minimum atomic E-state index is -0.236. The van der Waals surface area contributed by atoms with Crippen molar-refractivity contribution in [2.24, 2.45) is 0 Å². The molecule has 0 radical (unpaired) electrons. The van der Waals surface area contributed by atoms with Crippen molar-refractivity contribution in [3.8, 4) is 0 Å². The van der Waals surface area contributed by atoms with E-state index in [1.807, 2.05) is 24.3 Å². The van der Waals surface area contributed by atoms with Gasteiger partial charge in [0.25, 0.3) is 0 Å². The maximum Gasteiger partial charge on any atom is 0.319 e. The zero-order valence-electron chi connectivity index (χ0n) is 11.3. The number of carbonyl (C=O) groups excluding carboxylic acids is 1. The second kappa shape index (κ2) is 6.40. The van der Waals surface area contributed by atoms with Gasteiger partial charge in [0.1, 0.15) is 0 Å². The van der Waals surface area contributed by atoms with Gasteiger partial charge < -0.3 is 15.7 Å². The Bertz CT molecular complexity index is 397. The maximum atomic E-state index is 11.7. The SMILES string of the molecule is CC(C)(C)c1ccccc1NC(=O)NCCCO. The van der Waals surface area contributed by atoms with Crippen LogP contribution in [0.4, 0.5) is 10.5 Å². The monoisotopic (exact) mass is 250 g/mol. The van der Waals surface area contributed by atoms with Crippen LogP contribution in [0.25, 0.3) is 0 Å². The third kappa shape index (κ3) is 4.37. The minimum Gasteiger partial charge on any atom is -0.396 e. The molecule has 100 valence electrons. The Morgan fingerprint density at radius 2 is 1.94 bits per heavy atom. The standard InChI is InChI=1S/C14H22N2O2/c1-14(2,3)11-7-4-5-8-12(11)16-13(18)15-9-6-10-17/h4-5,7-8,17H,6,9-10H2,1-3H3,(H2,15,16,18). The third-order valence-electron chi connectivity index (χ3n) is 2.60. The van der Waals surface area contributed by atoms with Crippen LogP contribution in [-0.2, 0) is 5.41 Å². The molecule has 2 amide bonds. The largest absolute Gasteiger partial charge is 0.396 e. The highest BCUT2D eigenvalue weighted by Crippen LogP contribution is 2.28. The highest BCUT2D eigenvalue weighted by atomic mass is 16.3. The molecule has 0 heterocycles. The number of aliphatic hydroxyl groups excluding tert-OH is 1. The number of hydrogen-bond acceptors (Lipinski definition) is 2. The van der Waals surface area contributed by atoms with Gasteiger partial charge in [0.05, 0.1) is 0 Å². The molecule has 0 bridgehead atoms. The zero-order chi connectivity index (χ0) is 13.6. The number of rotatable bonds is 4. The van der Waals surface area contributed by atoms with E-state index in [0.29, 0.717) is 13.0 Å². The zero-order valence-corrected chi connectivity index (χ0v) is 11.3. The molecule has 4 heteroatoms. The molecule has 0 aliphatic heterocycles. The van der Waals surface area contributed by atoms with Gasteiger partial charge in [0.2, 0.25) is 0 Å². The van der Waals surface area contributed by atoms with Gasteiger partial charge in [0, 0.05) is 18.8 Å². The molecule has 0 aliphatic carbocycles. The fourth-order valence-electron chi connectivity index (χ4n) is 1.69. The van der Waals surface area contributed by atoms with E-state index in [1.54, 1.807) is 0 Å². The topological polar surface area (TPSA) is 61.4 Å². The van der Waals surface area contributed by atoms with Gasteiger partial charge >= 0.3 is 6.03 Å². The maximum absolute atomic E-state index is 11.7. The van der Waals surface area contributed by atoms with Crippen molar-refractivity contribution in [1.29, 1.82) is 0 Å². The quantitative estimate of drug-likeness (QED) is 0.719. The average Bonchev–Trinajstić information content (AvgIpc) is 2.28. The van der Waals surface area contributed by atoms with Gasteiger partial charge in [-0.25, -0.2) is 4.79 Å². The molecule has 4 nitrogen and oxygen atoms in total. The lowest BCUT2D eigenvalue weighted by Crippen LogP contribution is -2.31. The van der Waals surface area contributed by atoms with E-state index in [9.17, 15) is 4.79 Å². The molecule has 1 rings (SSSR count). The van der Waals surface area contributed by atoms with E-state index in [4.69, 9.17) is 5.11 Å². The molecule has 0 aliphatic rings. The van der Waals surface area contributed by atoms with Gasteiger partial charge in [-0.2, -0.15) is 0 Å². The van der Waals surface area contributed by atoms with E-state index in [1.165, 1.54) is 0 Å². The van der Waals surface area contributed by atoms with Crippen molar-refractivity contribution in [2.75, 3.05) is 18.5 Å². The Balaban J connectivity index is 2.70. The summed E-state index contributed by atoms with van der Waals surface area (Å²) < 4.78 is 0. The number of hydrogen-bond donors (Lipinski definition) is 3. The Kier molecular flexibility index (Phi) is 5.16. The van der Waals surface area contributed by atoms with Gasteiger partial charge in [-0.15, -0.1) is 0 Å². The van der Waals surface area contributed by atoms with Crippen molar-refractivity contribution >= 4 is 11.7 Å². The smallest absolute Gasteiger partial charge is 0.319 e. The summed E-state index contributed by atoms with van der Waals surface area (Å²) in [5.41, 5.74) is 1.91. The predicted molar refractivity (Wildman–Crippen MR) is 73.9 cm³/mol. The van der Waals surface area contributed by atoms with Crippen molar-refractivity contribution in [1.82, 2.24) is 5.32 Å². The Morgan fingerprint density at radius 1 is 1.28 bits per heavy atom. The molecule has 3 N–H and O–H groups in total. The Labute approximate surface area is 108 Å². The second-order valence-electron chi connectivity index (χ2n) is 5.25. The van der Waals surface area contributed by atoms with Crippen molar-refractivity contribution in [3.05, 3.63) is 29.8 Å². The first kappa shape index (κ1) is 14.5. The van der Waals surface area contributed by atoms with Crippen molar-refractivity contribution < 1.29 is 9.90 Å². The van der Waals surface area contributed by atoms with Crippen LogP contribution in [-0.4, -0.2) is 24.3 Å². The van der Waals surface area contributed by atoms with Gasteiger partial charge in [-0.3, -0.25) is 0 Å². The Hall–Kier alpha value is -1.55. The Morgan fingerprint density at radius 3 is 2.56 bits per heavy atom. The van der Waals surface area contributed by atoms with Crippen LogP contribution in [0.2, 0.25) is 0 Å². The molecular formula is C14H22N2O2. The van der Waals surface area contributed by atoms with Crippen molar-refractivity contribution in [3.63, 3.8) is 0 Å². The van der Waals surface area contributed by atoms with E-state index in [0.717, 1.165) is 11.3 Å². The molecule has 18 heavy (non-hydrogen) atoms. The molecule has 1 aromatic carbocycles. The number of carbonyl (C=O) groups is 1.